The molecule has 21 heavy (non-hydrogen) atoms. The summed E-state index contributed by atoms with van der Waals surface area (Å²) in [6, 6.07) is 15.4. The van der Waals surface area contributed by atoms with Crippen molar-refractivity contribution in [3.63, 3.8) is 0 Å². The zero-order valence-corrected chi connectivity index (χ0v) is 11.6. The molecule has 0 aliphatic heterocycles. The highest BCUT2D eigenvalue weighted by Gasteiger charge is 2.10. The average molecular weight is 281 g/mol. The molecule has 5 heteroatoms. The molecule has 0 radical (unpaired) electrons. The minimum absolute atomic E-state index is 0.486. The predicted molar refractivity (Wildman–Crippen MR) is 80.4 cm³/mol. The van der Waals surface area contributed by atoms with Gasteiger partial charge in [0.1, 0.15) is 12.1 Å². The van der Waals surface area contributed by atoms with Crippen molar-refractivity contribution >= 4 is 16.9 Å². The summed E-state index contributed by atoms with van der Waals surface area (Å²) in [6.07, 6.45) is 1.14. The maximum atomic E-state index is 11.0. The van der Waals surface area contributed by atoms with E-state index in [4.69, 9.17) is 10.5 Å². The van der Waals surface area contributed by atoms with E-state index < -0.39 is 12.0 Å². The number of fused-ring (bicyclic) bond motifs is 1. The van der Waals surface area contributed by atoms with Crippen molar-refractivity contribution in [1.29, 1.82) is 0 Å². The summed E-state index contributed by atoms with van der Waals surface area (Å²) in [5, 5.41) is 0. The zero-order chi connectivity index (χ0) is 14.8. The lowest BCUT2D eigenvalue weighted by atomic mass is 10.2. The molecule has 0 aliphatic carbocycles. The van der Waals surface area contributed by atoms with Gasteiger partial charge in [0.05, 0.1) is 11.0 Å². The molecule has 0 aliphatic rings. The number of nitrogens with zero attached hydrogens (tertiary/aromatic N) is 2. The lowest BCUT2D eigenvalue weighted by Crippen LogP contribution is -2.30. The van der Waals surface area contributed by atoms with E-state index in [0.717, 1.165) is 16.7 Å². The Morgan fingerprint density at radius 2 is 1.90 bits per heavy atom. The Kier molecular flexibility index (Phi) is 3.31. The Bertz CT molecular complexity index is 778. The Hall–Kier alpha value is -2.82. The van der Waals surface area contributed by atoms with Crippen LogP contribution in [-0.4, -0.2) is 21.6 Å². The Morgan fingerprint density at radius 3 is 2.62 bits per heavy atom. The standard InChI is InChI=1S/C16H15N3O2/c1-11(16(17)20)21-13-8-6-12(7-9-13)19-10-18-14-4-2-3-5-15(14)19/h2-11H,1H3,(H2,17,20)/t11-/m1/s1. The van der Waals surface area contributed by atoms with Gasteiger partial charge in [-0.25, -0.2) is 4.98 Å². The molecule has 2 aromatic carbocycles. The van der Waals surface area contributed by atoms with Gasteiger partial charge in [0.2, 0.25) is 0 Å². The lowest BCUT2D eigenvalue weighted by Gasteiger charge is -2.12. The number of nitrogens with two attached hydrogens (primary N) is 1. The molecule has 106 valence electrons. The van der Waals surface area contributed by atoms with Crippen molar-refractivity contribution in [2.45, 2.75) is 13.0 Å². The highest BCUT2D eigenvalue weighted by atomic mass is 16.5. The average Bonchev–Trinajstić information content (AvgIpc) is 2.92. The van der Waals surface area contributed by atoms with Gasteiger partial charge in [0.15, 0.2) is 6.10 Å². The van der Waals surface area contributed by atoms with Crippen molar-refractivity contribution in [2.75, 3.05) is 0 Å². The summed E-state index contributed by atoms with van der Waals surface area (Å²) < 4.78 is 7.43. The summed E-state index contributed by atoms with van der Waals surface area (Å²) >= 11 is 0. The molecule has 1 aromatic heterocycles. The maximum absolute atomic E-state index is 11.0. The van der Waals surface area contributed by atoms with Crippen LogP contribution in [0.5, 0.6) is 5.75 Å². The number of carbonyl (C=O) groups excluding carboxylic acids is 1. The second-order valence-corrected chi connectivity index (χ2v) is 4.76. The molecule has 0 bridgehead atoms. The van der Waals surface area contributed by atoms with Crippen LogP contribution in [0.4, 0.5) is 0 Å². The molecule has 3 rings (SSSR count). The van der Waals surface area contributed by atoms with Gasteiger partial charge in [0, 0.05) is 5.69 Å². The third kappa shape index (κ3) is 2.58. The number of hydrogen-bond donors (Lipinski definition) is 1. The van der Waals surface area contributed by atoms with Crippen LogP contribution >= 0.6 is 0 Å². The Balaban J connectivity index is 1.89. The summed E-state index contributed by atoms with van der Waals surface area (Å²) in [5.74, 6) is 0.120. The van der Waals surface area contributed by atoms with Gasteiger partial charge in [-0.05, 0) is 43.3 Å². The number of carbonyl (C=O) groups is 1. The summed E-state index contributed by atoms with van der Waals surface area (Å²) in [6.45, 7) is 1.62. The van der Waals surface area contributed by atoms with Crippen LogP contribution in [-0.2, 0) is 4.79 Å². The van der Waals surface area contributed by atoms with E-state index >= 15 is 0 Å². The Morgan fingerprint density at radius 1 is 1.19 bits per heavy atom. The molecule has 1 amide bonds. The minimum Gasteiger partial charge on any atom is -0.481 e. The van der Waals surface area contributed by atoms with Crippen LogP contribution in [0, 0.1) is 0 Å². The maximum Gasteiger partial charge on any atom is 0.258 e. The van der Waals surface area contributed by atoms with Gasteiger partial charge in [-0.1, -0.05) is 12.1 Å². The number of rotatable bonds is 4. The SMILES string of the molecule is C[C@@H](Oc1ccc(-n2cnc3ccccc32)cc1)C(N)=O. The normalized spacial score (nSPS) is 12.2. The van der Waals surface area contributed by atoms with Crippen LogP contribution in [0.3, 0.4) is 0 Å². The van der Waals surface area contributed by atoms with E-state index in [2.05, 4.69) is 4.98 Å². The number of benzene rings is 2. The molecule has 0 unspecified atom stereocenters. The van der Waals surface area contributed by atoms with Crippen LogP contribution in [0.2, 0.25) is 0 Å². The van der Waals surface area contributed by atoms with Crippen LogP contribution in [0.1, 0.15) is 6.92 Å². The zero-order valence-electron chi connectivity index (χ0n) is 11.6. The summed E-state index contributed by atoms with van der Waals surface area (Å²) in [5.41, 5.74) is 8.13. The monoisotopic (exact) mass is 281 g/mol. The van der Waals surface area contributed by atoms with Crippen molar-refractivity contribution in [3.8, 4) is 11.4 Å². The number of ether oxygens (including phenoxy) is 1. The van der Waals surface area contributed by atoms with E-state index in [-0.39, 0.29) is 0 Å². The number of imidazole rings is 1. The van der Waals surface area contributed by atoms with Crippen LogP contribution < -0.4 is 10.5 Å². The third-order valence-corrected chi connectivity index (χ3v) is 3.28. The highest BCUT2D eigenvalue weighted by molar-refractivity contribution is 5.79. The van der Waals surface area contributed by atoms with Gasteiger partial charge < -0.3 is 10.5 Å². The van der Waals surface area contributed by atoms with E-state index in [1.807, 2.05) is 53.1 Å². The summed E-state index contributed by atoms with van der Waals surface area (Å²) in [4.78, 5) is 15.3. The fourth-order valence-electron chi connectivity index (χ4n) is 2.11. The molecule has 0 saturated heterocycles. The fraction of sp³-hybridized carbons (Fsp3) is 0.125. The predicted octanol–water partition coefficient (Wildman–Crippen LogP) is 2.28. The van der Waals surface area contributed by atoms with Gasteiger partial charge >= 0.3 is 0 Å². The number of aromatic nitrogens is 2. The topological polar surface area (TPSA) is 70.1 Å². The molecule has 2 N–H and O–H groups in total. The van der Waals surface area contributed by atoms with Gasteiger partial charge in [-0.2, -0.15) is 0 Å². The molecule has 0 saturated carbocycles. The molecule has 1 heterocycles. The van der Waals surface area contributed by atoms with Crippen LogP contribution in [0.15, 0.2) is 54.9 Å². The largest absolute Gasteiger partial charge is 0.481 e. The number of para-hydroxylation sites is 2. The molecular formula is C16H15N3O2. The van der Waals surface area contributed by atoms with E-state index in [9.17, 15) is 4.79 Å². The van der Waals surface area contributed by atoms with Gasteiger partial charge in [0.25, 0.3) is 5.91 Å². The molecule has 5 nitrogen and oxygen atoms in total. The van der Waals surface area contributed by atoms with Gasteiger partial charge in [-0.3, -0.25) is 9.36 Å². The molecule has 0 spiro atoms. The van der Waals surface area contributed by atoms with E-state index in [1.165, 1.54) is 0 Å². The quantitative estimate of drug-likeness (QED) is 0.797. The summed E-state index contributed by atoms with van der Waals surface area (Å²) in [7, 11) is 0. The first kappa shape index (κ1) is 13.2. The number of hydrogen-bond acceptors (Lipinski definition) is 3. The van der Waals surface area contributed by atoms with Crippen molar-refractivity contribution in [1.82, 2.24) is 9.55 Å². The number of amides is 1. The first-order valence-corrected chi connectivity index (χ1v) is 6.63. The Labute approximate surface area is 122 Å². The molecule has 1 atom stereocenters. The number of primary amides is 1. The van der Waals surface area contributed by atoms with Crippen molar-refractivity contribution < 1.29 is 9.53 Å². The third-order valence-electron chi connectivity index (χ3n) is 3.28. The first-order chi connectivity index (χ1) is 10.1. The smallest absolute Gasteiger partial charge is 0.258 e. The lowest BCUT2D eigenvalue weighted by molar-refractivity contribution is -0.123. The molecule has 3 aromatic rings. The molecule has 0 fully saturated rings. The fourth-order valence-corrected chi connectivity index (χ4v) is 2.11. The van der Waals surface area contributed by atoms with Crippen molar-refractivity contribution in [3.05, 3.63) is 54.9 Å². The van der Waals surface area contributed by atoms with Gasteiger partial charge in [-0.15, -0.1) is 0 Å². The second-order valence-electron chi connectivity index (χ2n) is 4.76. The first-order valence-electron chi connectivity index (χ1n) is 6.63. The van der Waals surface area contributed by atoms with Crippen LogP contribution in [0.25, 0.3) is 16.7 Å². The highest BCUT2D eigenvalue weighted by Crippen LogP contribution is 2.20. The minimum atomic E-state index is -0.648. The van der Waals surface area contributed by atoms with Crippen molar-refractivity contribution in [2.24, 2.45) is 5.73 Å². The van der Waals surface area contributed by atoms with E-state index in [1.54, 1.807) is 13.3 Å². The molecular weight excluding hydrogens is 266 g/mol. The second kappa shape index (κ2) is 5.28. The van der Waals surface area contributed by atoms with E-state index in [0.29, 0.717) is 5.75 Å².